The fourth-order valence-electron chi connectivity index (χ4n) is 5.32. The molecule has 1 amide bonds. The summed E-state index contributed by atoms with van der Waals surface area (Å²) < 4.78 is 11.4. The van der Waals surface area contributed by atoms with Crippen molar-refractivity contribution < 1.29 is 28.4 Å². The van der Waals surface area contributed by atoms with Crippen LogP contribution >= 0.6 is 0 Å². The Morgan fingerprint density at radius 2 is 1.65 bits per heavy atom. The van der Waals surface area contributed by atoms with Crippen molar-refractivity contribution in [3.63, 3.8) is 0 Å². The Labute approximate surface area is 197 Å². The number of nitrogens with one attached hydrogen (secondary N) is 1. The lowest BCUT2D eigenvalue weighted by Crippen LogP contribution is -2.66. The maximum Gasteiger partial charge on any atom is 0.348 e. The number of aromatic nitrogens is 1. The number of carbonyl (C=O) groups excluding carboxylic acids is 2. The zero-order valence-electron chi connectivity index (χ0n) is 18.8. The van der Waals surface area contributed by atoms with Crippen LogP contribution in [0.15, 0.2) is 77.5 Å². The molecule has 3 fully saturated rings. The number of hydrogen-bond acceptors (Lipinski definition) is 6. The number of hydrogen-bond donors (Lipinski definition) is 2. The van der Waals surface area contributed by atoms with Crippen LogP contribution in [-0.2, 0) is 19.9 Å². The van der Waals surface area contributed by atoms with Gasteiger partial charge in [0.05, 0.1) is 13.1 Å². The zero-order valence-corrected chi connectivity index (χ0v) is 18.8. The van der Waals surface area contributed by atoms with E-state index in [-0.39, 0.29) is 24.5 Å². The first-order valence-corrected chi connectivity index (χ1v) is 11.6. The quantitative estimate of drug-likeness (QED) is 0.414. The highest BCUT2D eigenvalue weighted by atomic mass is 16.6. The van der Waals surface area contributed by atoms with Gasteiger partial charge in [0, 0.05) is 24.8 Å². The fraction of sp³-hybridized carbons (Fsp3) is 0.346. The standard InChI is InChI=1S/C26H27N3O5/c30-24(27-23-13-16-33-28-23)18-29-14-11-19(12-15-29)22(17-29)34-25(31)26(32,20-7-3-1-4-8-20)21-9-5-2-6-10-21/h1-10,13,16,19,22,32H,11-12,14-15,17-18H2/p+1/t19?,22-,29?/m0/s1. The number of carbonyl (C=O) groups is 2. The molecule has 4 heterocycles. The third-order valence-electron chi connectivity index (χ3n) is 7.16. The Balaban J connectivity index is 1.34. The van der Waals surface area contributed by atoms with Crippen LogP contribution in [0.25, 0.3) is 0 Å². The van der Waals surface area contributed by atoms with Gasteiger partial charge >= 0.3 is 5.97 Å². The van der Waals surface area contributed by atoms with Crippen LogP contribution < -0.4 is 5.32 Å². The van der Waals surface area contributed by atoms with E-state index in [4.69, 9.17) is 9.26 Å². The molecule has 1 aromatic heterocycles. The van der Waals surface area contributed by atoms with E-state index in [0.29, 0.717) is 28.0 Å². The summed E-state index contributed by atoms with van der Waals surface area (Å²) in [6, 6.07) is 19.4. The number of amides is 1. The molecule has 0 aliphatic carbocycles. The van der Waals surface area contributed by atoms with Gasteiger partial charge in [-0.15, -0.1) is 0 Å². The molecular weight excluding hydrogens is 434 g/mol. The van der Waals surface area contributed by atoms with Gasteiger partial charge in [-0.1, -0.05) is 65.8 Å². The third kappa shape index (κ3) is 4.22. The summed E-state index contributed by atoms with van der Waals surface area (Å²) in [5, 5.41) is 18.2. The molecule has 2 aromatic carbocycles. The number of fused-ring (bicyclic) bond motifs is 3. The second kappa shape index (κ2) is 9.04. The van der Waals surface area contributed by atoms with Crippen molar-refractivity contribution in [2.24, 2.45) is 5.92 Å². The molecule has 176 valence electrons. The van der Waals surface area contributed by atoms with Crippen LogP contribution in [0.1, 0.15) is 24.0 Å². The van der Waals surface area contributed by atoms with Crippen LogP contribution in [0.5, 0.6) is 0 Å². The molecule has 2 bridgehead atoms. The van der Waals surface area contributed by atoms with E-state index in [1.54, 1.807) is 54.6 Å². The van der Waals surface area contributed by atoms with Crippen molar-refractivity contribution in [3.05, 3.63) is 84.1 Å². The molecule has 3 aliphatic rings. The Bertz CT molecular complexity index is 1090. The normalized spacial score (nSPS) is 23.9. The van der Waals surface area contributed by atoms with Crippen LogP contribution in [0.3, 0.4) is 0 Å². The second-order valence-electron chi connectivity index (χ2n) is 9.29. The first-order chi connectivity index (χ1) is 16.5. The molecule has 34 heavy (non-hydrogen) atoms. The molecular formula is C26H28N3O5+. The van der Waals surface area contributed by atoms with Crippen LogP contribution in [0.4, 0.5) is 5.82 Å². The van der Waals surface area contributed by atoms with Gasteiger partial charge in [0.15, 0.2) is 18.5 Å². The number of rotatable bonds is 7. The Morgan fingerprint density at radius 1 is 1.03 bits per heavy atom. The molecule has 1 atom stereocenters. The van der Waals surface area contributed by atoms with Crippen molar-refractivity contribution in [2.75, 3.05) is 31.5 Å². The number of benzene rings is 2. The molecule has 0 unspecified atom stereocenters. The summed E-state index contributed by atoms with van der Waals surface area (Å²) in [5.74, 6) is -0.231. The van der Waals surface area contributed by atoms with E-state index in [1.807, 2.05) is 12.1 Å². The average Bonchev–Trinajstić information content (AvgIpc) is 3.37. The van der Waals surface area contributed by atoms with E-state index in [2.05, 4.69) is 10.5 Å². The summed E-state index contributed by atoms with van der Waals surface area (Å²) in [6.07, 6.45) is 2.77. The maximum atomic E-state index is 13.6. The first-order valence-electron chi connectivity index (χ1n) is 11.6. The average molecular weight is 463 g/mol. The maximum absolute atomic E-state index is 13.6. The summed E-state index contributed by atoms with van der Waals surface area (Å²) in [5.41, 5.74) is -0.990. The van der Waals surface area contributed by atoms with Crippen molar-refractivity contribution in [1.29, 1.82) is 0 Å². The van der Waals surface area contributed by atoms with Crippen molar-refractivity contribution in [2.45, 2.75) is 24.5 Å². The topological polar surface area (TPSA) is 102 Å². The SMILES string of the molecule is O=C(C[N+]12CCC(CC1)[C@@H](OC(=O)C(O)(c1ccccc1)c1ccccc1)C2)Nc1ccon1. The predicted molar refractivity (Wildman–Crippen MR) is 123 cm³/mol. The molecule has 2 N–H and O–H groups in total. The van der Waals surface area contributed by atoms with Gasteiger partial charge in [-0.3, -0.25) is 4.79 Å². The largest absolute Gasteiger partial charge is 0.453 e. The highest BCUT2D eigenvalue weighted by Gasteiger charge is 2.51. The van der Waals surface area contributed by atoms with Gasteiger partial charge in [0.25, 0.3) is 5.91 Å². The number of piperidine rings is 3. The first kappa shape index (κ1) is 22.3. The van der Waals surface area contributed by atoms with E-state index in [9.17, 15) is 14.7 Å². The molecule has 8 heteroatoms. The zero-order chi connectivity index (χ0) is 23.6. The van der Waals surface area contributed by atoms with Crippen molar-refractivity contribution in [3.8, 4) is 0 Å². The summed E-state index contributed by atoms with van der Waals surface area (Å²) in [4.78, 5) is 26.2. The molecule has 6 rings (SSSR count). The minimum Gasteiger partial charge on any atom is -0.453 e. The Morgan fingerprint density at radius 3 is 2.21 bits per heavy atom. The number of anilines is 1. The van der Waals surface area contributed by atoms with Gasteiger partial charge in [-0.05, 0) is 11.1 Å². The highest BCUT2D eigenvalue weighted by molar-refractivity contribution is 5.90. The monoisotopic (exact) mass is 462 g/mol. The van der Waals surface area contributed by atoms with Crippen molar-refractivity contribution >= 4 is 17.7 Å². The van der Waals surface area contributed by atoms with Gasteiger partial charge in [-0.25, -0.2) is 4.79 Å². The smallest absolute Gasteiger partial charge is 0.348 e. The predicted octanol–water partition coefficient (Wildman–Crippen LogP) is 2.70. The Kier molecular flexibility index (Phi) is 5.93. The lowest BCUT2D eigenvalue weighted by atomic mass is 9.82. The van der Waals surface area contributed by atoms with Gasteiger partial charge in [0.1, 0.15) is 12.8 Å². The third-order valence-corrected chi connectivity index (χ3v) is 7.16. The number of ether oxygens (including phenoxy) is 1. The van der Waals surface area contributed by atoms with Crippen LogP contribution in [0.2, 0.25) is 0 Å². The second-order valence-corrected chi connectivity index (χ2v) is 9.29. The summed E-state index contributed by atoms with van der Waals surface area (Å²) in [7, 11) is 0. The summed E-state index contributed by atoms with van der Waals surface area (Å²) >= 11 is 0. The van der Waals surface area contributed by atoms with Crippen LogP contribution in [-0.4, -0.2) is 58.9 Å². The van der Waals surface area contributed by atoms with Crippen LogP contribution in [0, 0.1) is 5.92 Å². The Hall–Kier alpha value is -3.49. The fourth-order valence-corrected chi connectivity index (χ4v) is 5.32. The molecule has 8 nitrogen and oxygen atoms in total. The molecule has 3 aliphatic heterocycles. The van der Waals surface area contributed by atoms with Gasteiger partial charge < -0.3 is 24.2 Å². The van der Waals surface area contributed by atoms with E-state index >= 15 is 0 Å². The number of nitrogens with zero attached hydrogens (tertiary/aromatic N) is 2. The molecule has 3 saturated heterocycles. The lowest BCUT2D eigenvalue weighted by Gasteiger charge is -2.51. The van der Waals surface area contributed by atoms with E-state index < -0.39 is 11.6 Å². The minimum absolute atomic E-state index is 0.149. The number of quaternary nitrogens is 1. The van der Waals surface area contributed by atoms with E-state index in [0.717, 1.165) is 25.9 Å². The highest BCUT2D eigenvalue weighted by Crippen LogP contribution is 2.38. The minimum atomic E-state index is -1.91. The number of aliphatic hydroxyl groups is 1. The van der Waals surface area contributed by atoms with E-state index in [1.165, 1.54) is 6.26 Å². The number of esters is 1. The molecule has 0 radical (unpaired) electrons. The lowest BCUT2D eigenvalue weighted by molar-refractivity contribution is -0.939. The summed E-state index contributed by atoms with van der Waals surface area (Å²) in [6.45, 7) is 2.52. The van der Waals surface area contributed by atoms with Gasteiger partial charge in [-0.2, -0.15) is 0 Å². The molecule has 0 saturated carbocycles. The molecule has 0 spiro atoms. The van der Waals surface area contributed by atoms with Gasteiger partial charge in [0.2, 0.25) is 5.60 Å². The molecule has 3 aromatic rings. The van der Waals surface area contributed by atoms with Crippen molar-refractivity contribution in [1.82, 2.24) is 5.16 Å².